The summed E-state index contributed by atoms with van der Waals surface area (Å²) in [5.74, 6) is -0.213. The van der Waals surface area contributed by atoms with E-state index in [-0.39, 0.29) is 5.82 Å². The fourth-order valence-corrected chi connectivity index (χ4v) is 2.86. The van der Waals surface area contributed by atoms with Gasteiger partial charge in [-0.1, -0.05) is 42.5 Å². The van der Waals surface area contributed by atoms with Gasteiger partial charge in [-0.2, -0.15) is 0 Å². The van der Waals surface area contributed by atoms with Crippen molar-refractivity contribution in [3.8, 4) is 0 Å². The standard InChI is InChI=1S/C20H24FNO2/c21-18-8-4-7-17(11-18)12-22(19-9-10-19)13-20(23)15-24-14-16-5-2-1-3-6-16/h1-8,11,19-20,23H,9-10,12-15H2. The van der Waals surface area contributed by atoms with Gasteiger partial charge in [0.05, 0.1) is 19.3 Å². The summed E-state index contributed by atoms with van der Waals surface area (Å²) in [6.07, 6.45) is 1.75. The fourth-order valence-electron chi connectivity index (χ4n) is 2.86. The Bertz CT molecular complexity index is 631. The molecule has 0 aliphatic heterocycles. The van der Waals surface area contributed by atoms with Crippen molar-refractivity contribution >= 4 is 0 Å². The first-order chi connectivity index (χ1) is 11.7. The van der Waals surface area contributed by atoms with Crippen molar-refractivity contribution < 1.29 is 14.2 Å². The Morgan fingerprint density at radius 2 is 1.83 bits per heavy atom. The summed E-state index contributed by atoms with van der Waals surface area (Å²) in [5.41, 5.74) is 2.04. The van der Waals surface area contributed by atoms with Crippen LogP contribution in [0.1, 0.15) is 24.0 Å². The van der Waals surface area contributed by atoms with Gasteiger partial charge in [0.1, 0.15) is 5.82 Å². The maximum atomic E-state index is 13.3. The first-order valence-corrected chi connectivity index (χ1v) is 8.49. The predicted octanol–water partition coefficient (Wildman–Crippen LogP) is 3.37. The maximum absolute atomic E-state index is 13.3. The molecule has 4 heteroatoms. The highest BCUT2D eigenvalue weighted by molar-refractivity contribution is 5.16. The monoisotopic (exact) mass is 329 g/mol. The number of aliphatic hydroxyl groups excluding tert-OH is 1. The normalized spacial score (nSPS) is 15.6. The summed E-state index contributed by atoms with van der Waals surface area (Å²) in [6.45, 7) is 2.03. The van der Waals surface area contributed by atoms with Gasteiger partial charge in [-0.15, -0.1) is 0 Å². The van der Waals surface area contributed by atoms with Crippen LogP contribution in [0.5, 0.6) is 0 Å². The highest BCUT2D eigenvalue weighted by Gasteiger charge is 2.30. The molecule has 1 fully saturated rings. The van der Waals surface area contributed by atoms with Crippen LogP contribution < -0.4 is 0 Å². The van der Waals surface area contributed by atoms with E-state index in [1.165, 1.54) is 6.07 Å². The largest absolute Gasteiger partial charge is 0.389 e. The van der Waals surface area contributed by atoms with Crippen LogP contribution in [-0.4, -0.2) is 35.3 Å². The molecule has 1 unspecified atom stereocenters. The Morgan fingerprint density at radius 3 is 2.54 bits per heavy atom. The van der Waals surface area contributed by atoms with Crippen molar-refractivity contribution in [2.24, 2.45) is 0 Å². The van der Waals surface area contributed by atoms with Gasteiger partial charge in [-0.3, -0.25) is 4.90 Å². The van der Waals surface area contributed by atoms with Crippen molar-refractivity contribution in [2.45, 2.75) is 38.1 Å². The number of benzene rings is 2. The smallest absolute Gasteiger partial charge is 0.123 e. The molecule has 1 atom stereocenters. The van der Waals surface area contributed by atoms with Gasteiger partial charge in [0.15, 0.2) is 0 Å². The number of aliphatic hydroxyl groups is 1. The highest BCUT2D eigenvalue weighted by Crippen LogP contribution is 2.28. The Morgan fingerprint density at radius 1 is 1.08 bits per heavy atom. The molecule has 2 aromatic carbocycles. The molecule has 0 spiro atoms. The van der Waals surface area contributed by atoms with E-state index in [9.17, 15) is 9.50 Å². The molecule has 24 heavy (non-hydrogen) atoms. The van der Waals surface area contributed by atoms with Gasteiger partial charge < -0.3 is 9.84 Å². The quantitative estimate of drug-likeness (QED) is 0.766. The zero-order chi connectivity index (χ0) is 16.8. The van der Waals surface area contributed by atoms with Crippen molar-refractivity contribution in [3.05, 3.63) is 71.5 Å². The van der Waals surface area contributed by atoms with Gasteiger partial charge in [-0.05, 0) is 36.1 Å². The van der Waals surface area contributed by atoms with Gasteiger partial charge in [0.2, 0.25) is 0 Å². The molecule has 0 saturated heterocycles. The molecule has 0 heterocycles. The first-order valence-electron chi connectivity index (χ1n) is 8.49. The molecule has 0 aromatic heterocycles. The third-order valence-electron chi connectivity index (χ3n) is 4.21. The van der Waals surface area contributed by atoms with Gasteiger partial charge in [-0.25, -0.2) is 4.39 Å². The molecular formula is C20H24FNO2. The van der Waals surface area contributed by atoms with E-state index in [1.54, 1.807) is 12.1 Å². The van der Waals surface area contributed by atoms with Crippen LogP contribution in [-0.2, 0) is 17.9 Å². The van der Waals surface area contributed by atoms with Crippen molar-refractivity contribution in [1.82, 2.24) is 4.90 Å². The number of ether oxygens (including phenoxy) is 1. The van der Waals surface area contributed by atoms with Crippen LogP contribution in [0, 0.1) is 5.82 Å². The molecule has 3 rings (SSSR count). The van der Waals surface area contributed by atoms with Crippen molar-refractivity contribution in [1.29, 1.82) is 0 Å². The number of halogens is 1. The molecule has 0 radical (unpaired) electrons. The summed E-state index contributed by atoms with van der Waals surface area (Å²) in [7, 11) is 0. The minimum Gasteiger partial charge on any atom is -0.389 e. The van der Waals surface area contributed by atoms with E-state index >= 15 is 0 Å². The topological polar surface area (TPSA) is 32.7 Å². The molecule has 1 aliphatic carbocycles. The average molecular weight is 329 g/mol. The number of hydrogen-bond donors (Lipinski definition) is 1. The van der Waals surface area contributed by atoms with E-state index in [2.05, 4.69) is 4.90 Å². The second-order valence-electron chi connectivity index (χ2n) is 6.45. The zero-order valence-corrected chi connectivity index (χ0v) is 13.8. The van der Waals surface area contributed by atoms with Crippen LogP contribution in [0.25, 0.3) is 0 Å². The summed E-state index contributed by atoms with van der Waals surface area (Å²) in [6, 6.07) is 17.1. The van der Waals surface area contributed by atoms with Gasteiger partial charge in [0.25, 0.3) is 0 Å². The summed E-state index contributed by atoms with van der Waals surface area (Å²) in [5, 5.41) is 10.3. The molecule has 128 valence electrons. The minimum absolute atomic E-state index is 0.213. The van der Waals surface area contributed by atoms with Gasteiger partial charge >= 0.3 is 0 Å². The molecule has 1 N–H and O–H groups in total. The van der Waals surface area contributed by atoms with Gasteiger partial charge in [0, 0.05) is 19.1 Å². The van der Waals surface area contributed by atoms with Crippen molar-refractivity contribution in [3.63, 3.8) is 0 Å². The molecule has 1 aliphatic rings. The average Bonchev–Trinajstić information content (AvgIpc) is 3.40. The SMILES string of the molecule is OC(COCc1ccccc1)CN(Cc1cccc(F)c1)C1CC1. The molecule has 0 amide bonds. The lowest BCUT2D eigenvalue weighted by molar-refractivity contribution is 0.00704. The number of hydrogen-bond acceptors (Lipinski definition) is 3. The summed E-state index contributed by atoms with van der Waals surface area (Å²) in [4.78, 5) is 2.23. The third-order valence-corrected chi connectivity index (χ3v) is 4.21. The van der Waals surface area contributed by atoms with Crippen molar-refractivity contribution in [2.75, 3.05) is 13.2 Å². The first kappa shape index (κ1) is 17.1. The fraction of sp³-hybridized carbons (Fsp3) is 0.400. The third kappa shape index (κ3) is 5.41. The number of nitrogens with zero attached hydrogens (tertiary/aromatic N) is 1. The van der Waals surface area contributed by atoms with E-state index in [1.807, 2.05) is 36.4 Å². The van der Waals surface area contributed by atoms with Crippen LogP contribution in [0.2, 0.25) is 0 Å². The maximum Gasteiger partial charge on any atom is 0.123 e. The molecular weight excluding hydrogens is 305 g/mol. The Labute approximate surface area is 142 Å². The van der Waals surface area contributed by atoms with Crippen LogP contribution >= 0.6 is 0 Å². The van der Waals surface area contributed by atoms with Crippen LogP contribution in [0.15, 0.2) is 54.6 Å². The lowest BCUT2D eigenvalue weighted by atomic mass is 10.2. The molecule has 3 nitrogen and oxygen atoms in total. The Balaban J connectivity index is 1.46. The van der Waals surface area contributed by atoms with E-state index in [0.717, 1.165) is 24.0 Å². The Hall–Kier alpha value is -1.75. The minimum atomic E-state index is -0.539. The molecule has 0 bridgehead atoms. The molecule has 2 aromatic rings. The van der Waals surface area contributed by atoms with E-state index < -0.39 is 6.10 Å². The lowest BCUT2D eigenvalue weighted by Crippen LogP contribution is -2.36. The van der Waals surface area contributed by atoms with E-state index in [0.29, 0.717) is 32.3 Å². The lowest BCUT2D eigenvalue weighted by Gasteiger charge is -2.25. The summed E-state index contributed by atoms with van der Waals surface area (Å²) >= 11 is 0. The Kier molecular flexibility index (Phi) is 5.96. The second kappa shape index (κ2) is 8.38. The predicted molar refractivity (Wildman–Crippen MR) is 91.9 cm³/mol. The van der Waals surface area contributed by atoms with Crippen LogP contribution in [0.3, 0.4) is 0 Å². The number of rotatable bonds is 9. The highest BCUT2D eigenvalue weighted by atomic mass is 19.1. The second-order valence-corrected chi connectivity index (χ2v) is 6.45. The summed E-state index contributed by atoms with van der Waals surface area (Å²) < 4.78 is 19.0. The van der Waals surface area contributed by atoms with E-state index in [4.69, 9.17) is 4.74 Å². The zero-order valence-electron chi connectivity index (χ0n) is 13.8. The molecule has 1 saturated carbocycles. The van der Waals surface area contributed by atoms with Crippen LogP contribution in [0.4, 0.5) is 4.39 Å².